The molecule has 136 valence electrons. The highest BCUT2D eigenvalue weighted by Crippen LogP contribution is 2.27. The van der Waals surface area contributed by atoms with Gasteiger partial charge in [0.05, 0.1) is 4.90 Å². The molecule has 0 atom stereocenters. The molecule has 1 aromatic carbocycles. The maximum absolute atomic E-state index is 13.0. The Bertz CT molecular complexity index is 677. The van der Waals surface area contributed by atoms with E-state index in [0.717, 1.165) is 29.8 Å². The van der Waals surface area contributed by atoms with E-state index in [-0.39, 0.29) is 12.4 Å². The molecule has 24 heavy (non-hydrogen) atoms. The number of benzene rings is 1. The van der Waals surface area contributed by atoms with E-state index in [1.54, 1.807) is 4.31 Å². The molecule has 4 nitrogen and oxygen atoms in total. The molecule has 1 aliphatic heterocycles. The van der Waals surface area contributed by atoms with E-state index in [2.05, 4.69) is 4.90 Å². The van der Waals surface area contributed by atoms with Crippen LogP contribution in [0.3, 0.4) is 0 Å². The fourth-order valence-corrected chi connectivity index (χ4v) is 5.64. The predicted molar refractivity (Wildman–Crippen MR) is 100 cm³/mol. The summed E-state index contributed by atoms with van der Waals surface area (Å²) in [5.74, 6) is 0. The smallest absolute Gasteiger partial charge is 0.243 e. The van der Waals surface area contributed by atoms with Crippen molar-refractivity contribution in [2.24, 2.45) is 0 Å². The van der Waals surface area contributed by atoms with Gasteiger partial charge in [-0.25, -0.2) is 8.42 Å². The first-order chi connectivity index (χ1) is 10.9. The molecule has 0 spiro atoms. The summed E-state index contributed by atoms with van der Waals surface area (Å²) in [6.07, 6.45) is 5.21. The molecule has 1 aromatic rings. The van der Waals surface area contributed by atoms with Crippen LogP contribution < -0.4 is 0 Å². The van der Waals surface area contributed by atoms with Crippen molar-refractivity contribution in [3.05, 3.63) is 28.8 Å². The van der Waals surface area contributed by atoms with Crippen molar-refractivity contribution >= 4 is 22.4 Å². The van der Waals surface area contributed by atoms with Crippen molar-refractivity contribution in [1.82, 2.24) is 9.21 Å². The second-order valence-electron chi connectivity index (χ2n) is 7.08. The minimum absolute atomic E-state index is 0. The number of hydrogen-bond donors (Lipinski definition) is 0. The molecule has 0 unspecified atom stereocenters. The van der Waals surface area contributed by atoms with Crippen LogP contribution in [-0.2, 0) is 10.0 Å². The monoisotopic (exact) mass is 372 g/mol. The second kappa shape index (κ2) is 7.73. The van der Waals surface area contributed by atoms with Gasteiger partial charge in [-0.1, -0.05) is 18.9 Å². The number of piperazine rings is 1. The number of halogens is 1. The van der Waals surface area contributed by atoms with E-state index in [9.17, 15) is 8.42 Å². The average Bonchev–Trinajstić information content (AvgIpc) is 3.05. The van der Waals surface area contributed by atoms with Gasteiger partial charge in [-0.3, -0.25) is 4.90 Å². The molecular formula is C18H29ClN2O2S. The van der Waals surface area contributed by atoms with Crippen LogP contribution in [0.1, 0.15) is 42.4 Å². The minimum Gasteiger partial charge on any atom is -0.298 e. The van der Waals surface area contributed by atoms with Crippen LogP contribution >= 0.6 is 12.4 Å². The van der Waals surface area contributed by atoms with E-state index in [0.29, 0.717) is 24.0 Å². The molecular weight excluding hydrogens is 344 g/mol. The molecule has 3 rings (SSSR count). The third-order valence-electron chi connectivity index (χ3n) is 5.52. The Balaban J connectivity index is 0.00000208. The van der Waals surface area contributed by atoms with E-state index in [4.69, 9.17) is 0 Å². The Morgan fingerprint density at radius 1 is 0.875 bits per heavy atom. The molecule has 1 heterocycles. The zero-order chi connectivity index (χ0) is 16.6. The van der Waals surface area contributed by atoms with E-state index >= 15 is 0 Å². The van der Waals surface area contributed by atoms with E-state index < -0.39 is 10.0 Å². The highest BCUT2D eigenvalue weighted by atomic mass is 35.5. The summed E-state index contributed by atoms with van der Waals surface area (Å²) in [6.45, 7) is 8.87. The predicted octanol–water partition coefficient (Wildman–Crippen LogP) is 3.28. The quantitative estimate of drug-likeness (QED) is 0.817. The van der Waals surface area contributed by atoms with Crippen LogP contribution in [-0.4, -0.2) is 49.8 Å². The fraction of sp³-hybridized carbons (Fsp3) is 0.667. The van der Waals surface area contributed by atoms with Gasteiger partial charge in [0.1, 0.15) is 0 Å². The van der Waals surface area contributed by atoms with Gasteiger partial charge in [-0.05, 0) is 56.4 Å². The van der Waals surface area contributed by atoms with Crippen molar-refractivity contribution in [1.29, 1.82) is 0 Å². The van der Waals surface area contributed by atoms with Gasteiger partial charge in [0, 0.05) is 32.2 Å². The molecule has 0 radical (unpaired) electrons. The minimum atomic E-state index is -3.37. The fourth-order valence-electron chi connectivity index (χ4n) is 3.93. The van der Waals surface area contributed by atoms with Gasteiger partial charge in [0.25, 0.3) is 0 Å². The van der Waals surface area contributed by atoms with Gasteiger partial charge in [-0.15, -0.1) is 12.4 Å². The molecule has 1 saturated carbocycles. The lowest BCUT2D eigenvalue weighted by atomic mass is 10.1. The number of aryl methyl sites for hydroxylation is 3. The largest absolute Gasteiger partial charge is 0.298 e. The SMILES string of the molecule is Cc1cc(C)c(S(=O)(=O)N2CCN(C3CCCC3)CC2)cc1C.Cl. The van der Waals surface area contributed by atoms with Gasteiger partial charge in [0.15, 0.2) is 0 Å². The summed E-state index contributed by atoms with van der Waals surface area (Å²) in [4.78, 5) is 2.97. The molecule has 0 N–H and O–H groups in total. The lowest BCUT2D eigenvalue weighted by molar-refractivity contribution is 0.139. The van der Waals surface area contributed by atoms with Crippen LogP contribution in [0.15, 0.2) is 17.0 Å². The standard InChI is InChI=1S/C18H28N2O2S.ClH/c1-14-12-16(3)18(13-15(14)2)23(21,22)20-10-8-19(9-11-20)17-6-4-5-7-17;/h12-13,17H,4-11H2,1-3H3;1H. The topological polar surface area (TPSA) is 40.6 Å². The lowest BCUT2D eigenvalue weighted by Gasteiger charge is -2.37. The first kappa shape index (κ1) is 19.7. The van der Waals surface area contributed by atoms with Crippen LogP contribution in [0, 0.1) is 20.8 Å². The van der Waals surface area contributed by atoms with E-state index in [1.165, 1.54) is 25.7 Å². The maximum Gasteiger partial charge on any atom is 0.243 e. The molecule has 0 bridgehead atoms. The Morgan fingerprint density at radius 3 is 2.00 bits per heavy atom. The molecule has 1 aliphatic carbocycles. The van der Waals surface area contributed by atoms with Gasteiger partial charge >= 0.3 is 0 Å². The Kier molecular flexibility index (Phi) is 6.35. The number of hydrogen-bond acceptors (Lipinski definition) is 3. The highest BCUT2D eigenvalue weighted by molar-refractivity contribution is 7.89. The Hall–Kier alpha value is -0.620. The summed E-state index contributed by atoms with van der Waals surface area (Å²) >= 11 is 0. The molecule has 1 saturated heterocycles. The van der Waals surface area contributed by atoms with Crippen LogP contribution in [0.25, 0.3) is 0 Å². The van der Waals surface area contributed by atoms with Crippen molar-refractivity contribution < 1.29 is 8.42 Å². The molecule has 6 heteroatoms. The summed E-state index contributed by atoms with van der Waals surface area (Å²) in [6, 6.07) is 4.50. The Labute approximate surface area is 152 Å². The summed E-state index contributed by atoms with van der Waals surface area (Å²) in [5.41, 5.74) is 3.04. The maximum atomic E-state index is 13.0. The normalized spacial score (nSPS) is 21.0. The first-order valence-electron chi connectivity index (χ1n) is 8.71. The summed E-state index contributed by atoms with van der Waals surface area (Å²) < 4.78 is 27.7. The number of sulfonamides is 1. The third kappa shape index (κ3) is 3.79. The third-order valence-corrected chi connectivity index (χ3v) is 7.56. The van der Waals surface area contributed by atoms with Crippen LogP contribution in [0.2, 0.25) is 0 Å². The van der Waals surface area contributed by atoms with Crippen LogP contribution in [0.4, 0.5) is 0 Å². The van der Waals surface area contributed by atoms with Crippen LogP contribution in [0.5, 0.6) is 0 Å². The van der Waals surface area contributed by atoms with Crippen molar-refractivity contribution in [3.8, 4) is 0 Å². The van der Waals surface area contributed by atoms with Crippen molar-refractivity contribution in [3.63, 3.8) is 0 Å². The first-order valence-corrected chi connectivity index (χ1v) is 10.2. The van der Waals surface area contributed by atoms with Gasteiger partial charge in [-0.2, -0.15) is 4.31 Å². The molecule has 2 fully saturated rings. The zero-order valence-corrected chi connectivity index (χ0v) is 16.5. The highest BCUT2D eigenvalue weighted by Gasteiger charge is 2.32. The lowest BCUT2D eigenvalue weighted by Crippen LogP contribution is -2.51. The second-order valence-corrected chi connectivity index (χ2v) is 8.99. The average molecular weight is 373 g/mol. The van der Waals surface area contributed by atoms with E-state index in [1.807, 2.05) is 32.9 Å². The Morgan fingerprint density at radius 2 is 1.42 bits per heavy atom. The van der Waals surface area contributed by atoms with Crippen molar-refractivity contribution in [2.45, 2.75) is 57.4 Å². The number of rotatable bonds is 3. The molecule has 0 aromatic heterocycles. The zero-order valence-electron chi connectivity index (χ0n) is 14.9. The van der Waals surface area contributed by atoms with Gasteiger partial charge in [0.2, 0.25) is 10.0 Å². The van der Waals surface area contributed by atoms with Crippen molar-refractivity contribution in [2.75, 3.05) is 26.2 Å². The molecule has 2 aliphatic rings. The summed E-state index contributed by atoms with van der Waals surface area (Å²) in [7, 11) is -3.37. The van der Waals surface area contributed by atoms with Gasteiger partial charge < -0.3 is 0 Å². The number of nitrogens with zero attached hydrogens (tertiary/aromatic N) is 2. The summed E-state index contributed by atoms with van der Waals surface area (Å²) in [5, 5.41) is 0. The molecule has 0 amide bonds.